The second-order valence-electron chi connectivity index (χ2n) is 7.28. The van der Waals surface area contributed by atoms with Gasteiger partial charge in [0.1, 0.15) is 0 Å². The van der Waals surface area contributed by atoms with Crippen LogP contribution in [-0.4, -0.2) is 71.4 Å². The fourth-order valence-corrected chi connectivity index (χ4v) is 3.46. The highest BCUT2D eigenvalue weighted by molar-refractivity contribution is 14.0. The zero-order valence-electron chi connectivity index (χ0n) is 17.0. The third-order valence-corrected chi connectivity index (χ3v) is 4.83. The number of fused-ring (bicyclic) bond motifs is 1. The molecule has 1 atom stereocenters. The van der Waals surface area contributed by atoms with Gasteiger partial charge in [0.15, 0.2) is 17.4 Å². The van der Waals surface area contributed by atoms with Gasteiger partial charge in [-0.25, -0.2) is 0 Å². The van der Waals surface area contributed by atoms with Crippen LogP contribution in [-0.2, 0) is 11.3 Å². The van der Waals surface area contributed by atoms with Crippen LogP contribution in [0.1, 0.15) is 26.1 Å². The first-order valence-electron chi connectivity index (χ1n) is 9.72. The summed E-state index contributed by atoms with van der Waals surface area (Å²) in [4.78, 5) is 6.88. The maximum atomic E-state index is 5.50. The maximum absolute atomic E-state index is 5.50. The van der Waals surface area contributed by atoms with Crippen molar-refractivity contribution in [3.05, 3.63) is 30.2 Å². The van der Waals surface area contributed by atoms with Crippen molar-refractivity contribution in [2.75, 3.05) is 39.9 Å². The Morgan fingerprint density at radius 1 is 1.21 bits per heavy atom. The van der Waals surface area contributed by atoms with Crippen molar-refractivity contribution in [1.29, 1.82) is 0 Å². The van der Waals surface area contributed by atoms with Gasteiger partial charge < -0.3 is 15.4 Å². The minimum absolute atomic E-state index is 0. The Morgan fingerprint density at radius 2 is 2.00 bits per heavy atom. The highest BCUT2D eigenvalue weighted by atomic mass is 127. The van der Waals surface area contributed by atoms with E-state index in [1.54, 1.807) is 7.05 Å². The van der Waals surface area contributed by atoms with Crippen LogP contribution >= 0.6 is 24.0 Å². The van der Waals surface area contributed by atoms with Crippen molar-refractivity contribution < 1.29 is 4.74 Å². The second kappa shape index (κ2) is 11.5. The summed E-state index contributed by atoms with van der Waals surface area (Å²) >= 11 is 0. The van der Waals surface area contributed by atoms with Gasteiger partial charge in [-0.2, -0.15) is 0 Å². The van der Waals surface area contributed by atoms with E-state index in [9.17, 15) is 0 Å². The van der Waals surface area contributed by atoms with Crippen LogP contribution in [0, 0.1) is 5.92 Å². The molecule has 0 aromatic carbocycles. The molecule has 2 aromatic heterocycles. The van der Waals surface area contributed by atoms with Gasteiger partial charge in [-0.15, -0.1) is 34.2 Å². The Kier molecular flexibility index (Phi) is 9.39. The normalized spacial score (nSPS) is 16.8. The largest absolute Gasteiger partial charge is 0.379 e. The Balaban J connectivity index is 0.00000280. The molecule has 0 saturated carbocycles. The van der Waals surface area contributed by atoms with Gasteiger partial charge in [-0.1, -0.05) is 19.9 Å². The van der Waals surface area contributed by atoms with E-state index in [1.807, 2.05) is 28.8 Å². The van der Waals surface area contributed by atoms with Gasteiger partial charge in [0.25, 0.3) is 0 Å². The SMILES string of the molecule is CN=C(NCc1nnc2ccccn12)NCC(CC(C)C)N1CCOCC1.I. The molecule has 1 aliphatic rings. The van der Waals surface area contributed by atoms with Gasteiger partial charge in [-0.3, -0.25) is 14.3 Å². The van der Waals surface area contributed by atoms with E-state index < -0.39 is 0 Å². The molecule has 8 nitrogen and oxygen atoms in total. The van der Waals surface area contributed by atoms with Crippen LogP contribution in [0.15, 0.2) is 29.4 Å². The number of rotatable bonds is 7. The summed E-state index contributed by atoms with van der Waals surface area (Å²) in [6, 6.07) is 6.36. The lowest BCUT2D eigenvalue weighted by atomic mass is 10.0. The van der Waals surface area contributed by atoms with Crippen molar-refractivity contribution in [1.82, 2.24) is 30.1 Å². The van der Waals surface area contributed by atoms with Crippen molar-refractivity contribution in [2.24, 2.45) is 10.9 Å². The van der Waals surface area contributed by atoms with Gasteiger partial charge in [-0.05, 0) is 24.5 Å². The Morgan fingerprint density at radius 3 is 2.71 bits per heavy atom. The van der Waals surface area contributed by atoms with Crippen molar-refractivity contribution in [3.8, 4) is 0 Å². The molecule has 1 saturated heterocycles. The summed E-state index contributed by atoms with van der Waals surface area (Å²) in [6.07, 6.45) is 3.12. The first-order chi connectivity index (χ1) is 13.2. The molecule has 3 heterocycles. The predicted molar refractivity (Wildman–Crippen MR) is 122 cm³/mol. The number of hydrogen-bond acceptors (Lipinski definition) is 5. The molecule has 1 aliphatic heterocycles. The minimum atomic E-state index is 0. The van der Waals surface area contributed by atoms with Gasteiger partial charge in [0.2, 0.25) is 0 Å². The molecular weight excluding hydrogens is 469 g/mol. The average Bonchev–Trinajstić information content (AvgIpc) is 3.11. The molecule has 0 amide bonds. The average molecular weight is 501 g/mol. The summed E-state index contributed by atoms with van der Waals surface area (Å²) in [5, 5.41) is 15.3. The zero-order valence-corrected chi connectivity index (χ0v) is 19.3. The fourth-order valence-electron chi connectivity index (χ4n) is 3.46. The maximum Gasteiger partial charge on any atom is 0.191 e. The van der Waals surface area contributed by atoms with E-state index >= 15 is 0 Å². The molecule has 1 fully saturated rings. The van der Waals surface area contributed by atoms with Crippen LogP contribution < -0.4 is 10.6 Å². The molecule has 156 valence electrons. The molecular formula is C19H32IN7O. The predicted octanol–water partition coefficient (Wildman–Crippen LogP) is 1.76. The monoisotopic (exact) mass is 501 g/mol. The molecule has 0 radical (unpaired) electrons. The molecule has 28 heavy (non-hydrogen) atoms. The lowest BCUT2D eigenvalue weighted by Gasteiger charge is -2.35. The van der Waals surface area contributed by atoms with Crippen LogP contribution in [0.2, 0.25) is 0 Å². The van der Waals surface area contributed by atoms with Crippen LogP contribution in [0.4, 0.5) is 0 Å². The number of morpholine rings is 1. The molecule has 0 spiro atoms. The molecule has 0 aliphatic carbocycles. The lowest BCUT2D eigenvalue weighted by molar-refractivity contribution is 0.0132. The highest BCUT2D eigenvalue weighted by Gasteiger charge is 2.22. The third kappa shape index (κ3) is 6.28. The van der Waals surface area contributed by atoms with Crippen molar-refractivity contribution >= 4 is 35.6 Å². The quantitative estimate of drug-likeness (QED) is 0.342. The smallest absolute Gasteiger partial charge is 0.191 e. The zero-order chi connectivity index (χ0) is 19.1. The van der Waals surface area contributed by atoms with E-state index in [2.05, 4.69) is 44.6 Å². The third-order valence-electron chi connectivity index (χ3n) is 4.83. The second-order valence-corrected chi connectivity index (χ2v) is 7.28. The van der Waals surface area contributed by atoms with E-state index in [0.29, 0.717) is 18.5 Å². The van der Waals surface area contributed by atoms with E-state index in [0.717, 1.165) is 56.7 Å². The number of ether oxygens (including phenoxy) is 1. The summed E-state index contributed by atoms with van der Waals surface area (Å²) in [5.74, 6) is 2.29. The number of nitrogens with zero attached hydrogens (tertiary/aromatic N) is 5. The van der Waals surface area contributed by atoms with Crippen molar-refractivity contribution in [3.63, 3.8) is 0 Å². The molecule has 1 unspecified atom stereocenters. The van der Waals surface area contributed by atoms with E-state index in [4.69, 9.17) is 4.74 Å². The van der Waals surface area contributed by atoms with Crippen molar-refractivity contribution in [2.45, 2.75) is 32.9 Å². The number of hydrogen-bond donors (Lipinski definition) is 2. The van der Waals surface area contributed by atoms with Gasteiger partial charge >= 0.3 is 0 Å². The number of aliphatic imine (C=N–C) groups is 1. The first kappa shape index (κ1) is 22.8. The summed E-state index contributed by atoms with van der Waals surface area (Å²) in [5.41, 5.74) is 0.849. The summed E-state index contributed by atoms with van der Waals surface area (Å²) in [7, 11) is 1.80. The number of nitrogens with one attached hydrogen (secondary N) is 2. The summed E-state index contributed by atoms with van der Waals surface area (Å²) in [6.45, 7) is 9.61. The first-order valence-corrected chi connectivity index (χ1v) is 9.72. The number of halogens is 1. The fraction of sp³-hybridized carbons (Fsp3) is 0.632. The van der Waals surface area contributed by atoms with E-state index in [-0.39, 0.29) is 24.0 Å². The van der Waals surface area contributed by atoms with E-state index in [1.165, 1.54) is 0 Å². The molecule has 0 bridgehead atoms. The highest BCUT2D eigenvalue weighted by Crippen LogP contribution is 2.13. The molecule has 2 aromatic rings. The Bertz CT molecular complexity index is 743. The number of aromatic nitrogens is 3. The minimum Gasteiger partial charge on any atom is -0.379 e. The number of guanidine groups is 1. The van der Waals surface area contributed by atoms with Crippen LogP contribution in [0.25, 0.3) is 5.65 Å². The van der Waals surface area contributed by atoms with Gasteiger partial charge in [0.05, 0.1) is 19.8 Å². The van der Waals surface area contributed by atoms with Crippen LogP contribution in [0.3, 0.4) is 0 Å². The molecule has 9 heteroatoms. The Hall–Kier alpha value is -1.46. The lowest BCUT2D eigenvalue weighted by Crippen LogP contribution is -2.51. The molecule has 2 N–H and O–H groups in total. The van der Waals surface area contributed by atoms with Gasteiger partial charge in [0, 0.05) is 38.9 Å². The Labute approximate surface area is 184 Å². The topological polar surface area (TPSA) is 79.1 Å². The molecule has 3 rings (SSSR count). The number of pyridine rings is 1. The van der Waals surface area contributed by atoms with Crippen LogP contribution in [0.5, 0.6) is 0 Å². The standard InChI is InChI=1S/C19H31N7O.HI/c1-15(2)12-16(25-8-10-27-11-9-25)13-21-19(20-3)22-14-18-24-23-17-6-4-5-7-26(17)18;/h4-7,15-16H,8-14H2,1-3H3,(H2,20,21,22);1H. The summed E-state index contributed by atoms with van der Waals surface area (Å²) < 4.78 is 7.49.